The van der Waals surface area contributed by atoms with Crippen LogP contribution in [0.2, 0.25) is 0 Å². The Morgan fingerprint density at radius 2 is 1.84 bits per heavy atom. The van der Waals surface area contributed by atoms with Gasteiger partial charge in [-0.3, -0.25) is 0 Å². The summed E-state index contributed by atoms with van der Waals surface area (Å²) in [6, 6.07) is 5.67. The van der Waals surface area contributed by atoms with E-state index in [9.17, 15) is 13.2 Å². The molecule has 1 nitrogen and oxygen atoms in total. The van der Waals surface area contributed by atoms with Crippen LogP contribution in [0.4, 0.5) is 13.2 Å². The first-order valence-electron chi connectivity index (χ1n) is 6.91. The van der Waals surface area contributed by atoms with Crippen molar-refractivity contribution in [3.63, 3.8) is 0 Å². The van der Waals surface area contributed by atoms with E-state index in [4.69, 9.17) is 0 Å². The monoisotopic (exact) mass is 271 g/mol. The molecule has 1 aliphatic heterocycles. The van der Waals surface area contributed by atoms with Crippen LogP contribution in [-0.4, -0.2) is 6.54 Å². The van der Waals surface area contributed by atoms with Crippen molar-refractivity contribution in [3.05, 3.63) is 35.4 Å². The molecule has 1 saturated heterocycles. The molecule has 0 spiro atoms. The highest BCUT2D eigenvalue weighted by Crippen LogP contribution is 2.36. The highest BCUT2D eigenvalue weighted by molar-refractivity contribution is 5.30. The van der Waals surface area contributed by atoms with Gasteiger partial charge in [0.05, 0.1) is 5.56 Å². The zero-order valence-electron chi connectivity index (χ0n) is 11.2. The van der Waals surface area contributed by atoms with Crippen molar-refractivity contribution in [2.24, 2.45) is 0 Å². The lowest BCUT2D eigenvalue weighted by molar-refractivity contribution is -0.137. The standard InChI is InChI=1S/C15H20F3N/c1-2-9-14(10-3-4-11-19-14)12-5-7-13(8-6-12)15(16,17)18/h5-8,19H,2-4,9-11H2,1H3. The average molecular weight is 271 g/mol. The molecule has 1 fully saturated rings. The van der Waals surface area contributed by atoms with Crippen LogP contribution in [-0.2, 0) is 11.7 Å². The summed E-state index contributed by atoms with van der Waals surface area (Å²) < 4.78 is 37.8. The molecule has 1 aliphatic rings. The van der Waals surface area contributed by atoms with Crippen LogP contribution in [0.25, 0.3) is 0 Å². The summed E-state index contributed by atoms with van der Waals surface area (Å²) in [5.74, 6) is 0. The first-order chi connectivity index (χ1) is 8.98. The van der Waals surface area contributed by atoms with Gasteiger partial charge in [0.2, 0.25) is 0 Å². The molecule has 0 aliphatic carbocycles. The molecule has 0 aromatic heterocycles. The van der Waals surface area contributed by atoms with Crippen LogP contribution < -0.4 is 5.32 Å². The first kappa shape index (κ1) is 14.4. The van der Waals surface area contributed by atoms with Gasteiger partial charge in [-0.2, -0.15) is 13.2 Å². The minimum Gasteiger partial charge on any atom is -0.307 e. The van der Waals surface area contributed by atoms with Gasteiger partial charge in [0.15, 0.2) is 0 Å². The van der Waals surface area contributed by atoms with E-state index >= 15 is 0 Å². The van der Waals surface area contributed by atoms with Crippen LogP contribution in [0.15, 0.2) is 24.3 Å². The van der Waals surface area contributed by atoms with Gasteiger partial charge in [-0.05, 0) is 43.5 Å². The number of benzene rings is 1. The molecular weight excluding hydrogens is 251 g/mol. The molecule has 1 unspecified atom stereocenters. The quantitative estimate of drug-likeness (QED) is 0.855. The fraction of sp³-hybridized carbons (Fsp3) is 0.600. The van der Waals surface area contributed by atoms with Crippen molar-refractivity contribution in [1.82, 2.24) is 5.32 Å². The van der Waals surface area contributed by atoms with Crippen LogP contribution >= 0.6 is 0 Å². The van der Waals surface area contributed by atoms with Crippen molar-refractivity contribution >= 4 is 0 Å². The largest absolute Gasteiger partial charge is 0.416 e. The lowest BCUT2D eigenvalue weighted by Gasteiger charge is -2.39. The third-order valence-electron chi connectivity index (χ3n) is 3.94. The summed E-state index contributed by atoms with van der Waals surface area (Å²) in [6.07, 6.45) is 1.02. The van der Waals surface area contributed by atoms with Gasteiger partial charge in [-0.25, -0.2) is 0 Å². The number of rotatable bonds is 3. The minimum atomic E-state index is -4.25. The SMILES string of the molecule is CCCC1(c2ccc(C(F)(F)F)cc2)CCCCN1. The maximum Gasteiger partial charge on any atom is 0.416 e. The molecule has 19 heavy (non-hydrogen) atoms. The molecular formula is C15H20F3N. The van der Waals surface area contributed by atoms with E-state index in [2.05, 4.69) is 12.2 Å². The average Bonchev–Trinajstić information content (AvgIpc) is 2.39. The third-order valence-corrected chi connectivity index (χ3v) is 3.94. The fourth-order valence-electron chi connectivity index (χ4n) is 2.98. The van der Waals surface area contributed by atoms with Crippen molar-refractivity contribution in [1.29, 1.82) is 0 Å². The van der Waals surface area contributed by atoms with Crippen molar-refractivity contribution in [2.75, 3.05) is 6.54 Å². The second kappa shape index (κ2) is 5.53. The predicted molar refractivity (Wildman–Crippen MR) is 69.9 cm³/mol. The Morgan fingerprint density at radius 3 is 2.32 bits per heavy atom. The third kappa shape index (κ3) is 3.11. The van der Waals surface area contributed by atoms with Crippen LogP contribution in [0.5, 0.6) is 0 Å². The predicted octanol–water partition coefficient (Wildman–Crippen LogP) is 4.47. The molecule has 0 amide bonds. The Hall–Kier alpha value is -1.03. The van der Waals surface area contributed by atoms with Crippen molar-refractivity contribution in [3.8, 4) is 0 Å². The van der Waals surface area contributed by atoms with Crippen molar-refractivity contribution in [2.45, 2.75) is 50.7 Å². The lowest BCUT2D eigenvalue weighted by atomic mass is 9.79. The Labute approximate surface area is 112 Å². The van der Waals surface area contributed by atoms with Gasteiger partial charge in [-0.1, -0.05) is 31.9 Å². The van der Waals surface area contributed by atoms with E-state index in [1.807, 2.05) is 0 Å². The molecule has 1 heterocycles. The number of hydrogen-bond acceptors (Lipinski definition) is 1. The van der Waals surface area contributed by atoms with E-state index < -0.39 is 11.7 Å². The van der Waals surface area contributed by atoms with Gasteiger partial charge < -0.3 is 5.32 Å². The second-order valence-electron chi connectivity index (χ2n) is 5.29. The summed E-state index contributed by atoms with van der Waals surface area (Å²) in [4.78, 5) is 0. The van der Waals surface area contributed by atoms with E-state index in [0.717, 1.165) is 44.2 Å². The summed E-state index contributed by atoms with van der Waals surface area (Å²) in [6.45, 7) is 3.06. The van der Waals surface area contributed by atoms with Crippen LogP contribution in [0.3, 0.4) is 0 Å². The number of nitrogens with one attached hydrogen (secondary N) is 1. The molecule has 4 heteroatoms. The Bertz CT molecular complexity index is 397. The lowest BCUT2D eigenvalue weighted by Crippen LogP contribution is -2.45. The van der Waals surface area contributed by atoms with E-state index in [1.54, 1.807) is 12.1 Å². The molecule has 1 aromatic rings. The maximum absolute atomic E-state index is 12.6. The van der Waals surface area contributed by atoms with Gasteiger partial charge in [-0.15, -0.1) is 0 Å². The number of piperidine rings is 1. The molecule has 1 aromatic carbocycles. The zero-order valence-corrected chi connectivity index (χ0v) is 11.2. The fourth-order valence-corrected chi connectivity index (χ4v) is 2.98. The van der Waals surface area contributed by atoms with Crippen molar-refractivity contribution < 1.29 is 13.2 Å². The highest BCUT2D eigenvalue weighted by atomic mass is 19.4. The van der Waals surface area contributed by atoms with E-state index in [-0.39, 0.29) is 5.54 Å². The van der Waals surface area contributed by atoms with Gasteiger partial charge >= 0.3 is 6.18 Å². The number of alkyl halides is 3. The highest BCUT2D eigenvalue weighted by Gasteiger charge is 2.34. The molecule has 0 saturated carbocycles. The maximum atomic E-state index is 12.6. The van der Waals surface area contributed by atoms with E-state index in [0.29, 0.717) is 0 Å². The normalized spacial score (nSPS) is 24.4. The Balaban J connectivity index is 2.27. The zero-order chi connectivity index (χ0) is 13.9. The van der Waals surface area contributed by atoms with Crippen LogP contribution in [0.1, 0.15) is 50.2 Å². The van der Waals surface area contributed by atoms with E-state index in [1.165, 1.54) is 12.1 Å². The molecule has 0 bridgehead atoms. The summed E-state index contributed by atoms with van der Waals surface area (Å²) in [7, 11) is 0. The molecule has 2 rings (SSSR count). The number of hydrogen-bond donors (Lipinski definition) is 1. The Morgan fingerprint density at radius 1 is 1.16 bits per heavy atom. The second-order valence-corrected chi connectivity index (χ2v) is 5.29. The smallest absolute Gasteiger partial charge is 0.307 e. The first-order valence-corrected chi connectivity index (χ1v) is 6.91. The Kier molecular flexibility index (Phi) is 4.19. The summed E-state index contributed by atoms with van der Waals surface area (Å²) in [5.41, 5.74) is 0.290. The number of halogens is 3. The topological polar surface area (TPSA) is 12.0 Å². The summed E-state index contributed by atoms with van der Waals surface area (Å²) in [5, 5.41) is 3.53. The van der Waals surface area contributed by atoms with Gasteiger partial charge in [0, 0.05) is 5.54 Å². The summed E-state index contributed by atoms with van der Waals surface area (Å²) >= 11 is 0. The molecule has 106 valence electrons. The molecule has 0 radical (unpaired) electrons. The van der Waals surface area contributed by atoms with Crippen LogP contribution in [0, 0.1) is 0 Å². The van der Waals surface area contributed by atoms with Gasteiger partial charge in [0.1, 0.15) is 0 Å². The molecule has 1 atom stereocenters. The minimum absolute atomic E-state index is 0.128. The van der Waals surface area contributed by atoms with Gasteiger partial charge in [0.25, 0.3) is 0 Å². The molecule has 1 N–H and O–H groups in total.